The normalized spacial score (nSPS) is 14.6. The summed E-state index contributed by atoms with van der Waals surface area (Å²) in [6, 6.07) is 25.7. The van der Waals surface area contributed by atoms with Crippen LogP contribution in [0.3, 0.4) is 0 Å². The number of nitrogens with one attached hydrogen (secondary N) is 1. The highest BCUT2D eigenvalue weighted by molar-refractivity contribution is 7.14. The van der Waals surface area contributed by atoms with Crippen molar-refractivity contribution in [3.8, 4) is 21.6 Å². The Morgan fingerprint density at radius 3 is 2.25 bits per heavy atom. The summed E-state index contributed by atoms with van der Waals surface area (Å²) in [5.74, 6) is -0.797. The van der Waals surface area contributed by atoms with Crippen molar-refractivity contribution in [2.24, 2.45) is 0 Å². The maximum absolute atomic E-state index is 14.4. The Bertz CT molecular complexity index is 1410. The summed E-state index contributed by atoms with van der Waals surface area (Å²) in [6.07, 6.45) is 0.141. The molecular weight excluding hydrogens is 477 g/mol. The lowest BCUT2D eigenvalue weighted by Crippen LogP contribution is -2.19. The molecule has 1 atom stereocenters. The molecule has 36 heavy (non-hydrogen) atoms. The molecule has 1 unspecified atom stereocenters. The average molecular weight is 502 g/mol. The Hall–Kier alpha value is -3.97. The number of amides is 1. The second kappa shape index (κ2) is 9.59. The standard InChI is InChI=1S/C29H24FNO4S/c1-18(19-7-3-2-4-8-19)35-28(34)31-24-17-25(30)36-26(24)23-10-6-5-9-22(23)20-11-13-21(14-12-20)29(15-16-29)27(32)33/h2-14,17-18H,15-16H2,1H3,(H,31,34)(H,32,33). The third-order valence-corrected chi connectivity index (χ3v) is 7.53. The van der Waals surface area contributed by atoms with Crippen LogP contribution in [-0.4, -0.2) is 17.2 Å². The number of benzene rings is 3. The number of halogens is 1. The topological polar surface area (TPSA) is 75.6 Å². The lowest BCUT2D eigenvalue weighted by atomic mass is 9.92. The maximum atomic E-state index is 14.4. The van der Waals surface area contributed by atoms with Crippen LogP contribution in [0, 0.1) is 5.13 Å². The van der Waals surface area contributed by atoms with Gasteiger partial charge in [-0.15, -0.1) is 11.3 Å². The minimum absolute atomic E-state index is 0.328. The third-order valence-electron chi connectivity index (χ3n) is 6.57. The van der Waals surface area contributed by atoms with Gasteiger partial charge in [0.25, 0.3) is 0 Å². The summed E-state index contributed by atoms with van der Waals surface area (Å²) in [6.45, 7) is 1.78. The van der Waals surface area contributed by atoms with Crippen molar-refractivity contribution < 1.29 is 23.8 Å². The molecule has 1 aliphatic carbocycles. The zero-order valence-electron chi connectivity index (χ0n) is 19.5. The first-order valence-electron chi connectivity index (χ1n) is 11.6. The van der Waals surface area contributed by atoms with Crippen molar-refractivity contribution >= 4 is 29.1 Å². The van der Waals surface area contributed by atoms with Gasteiger partial charge in [-0.25, -0.2) is 4.79 Å². The molecular formula is C29H24FNO4S. The molecule has 3 aromatic carbocycles. The number of rotatable bonds is 7. The van der Waals surface area contributed by atoms with Crippen LogP contribution in [-0.2, 0) is 14.9 Å². The number of carbonyl (C=O) groups excluding carboxylic acids is 1. The number of ether oxygens (including phenoxy) is 1. The molecule has 0 radical (unpaired) electrons. The lowest BCUT2D eigenvalue weighted by molar-refractivity contribution is -0.140. The van der Waals surface area contributed by atoms with Crippen molar-refractivity contribution in [1.82, 2.24) is 0 Å². The van der Waals surface area contributed by atoms with Gasteiger partial charge in [0.15, 0.2) is 5.13 Å². The van der Waals surface area contributed by atoms with Crippen molar-refractivity contribution in [1.29, 1.82) is 0 Å². The molecule has 0 bridgehead atoms. The van der Waals surface area contributed by atoms with E-state index >= 15 is 0 Å². The maximum Gasteiger partial charge on any atom is 0.412 e. The van der Waals surface area contributed by atoms with E-state index in [1.807, 2.05) is 78.9 Å². The minimum Gasteiger partial charge on any atom is -0.481 e. The number of aliphatic carboxylic acids is 1. The number of hydrogen-bond donors (Lipinski definition) is 2. The Kier molecular flexibility index (Phi) is 6.33. The van der Waals surface area contributed by atoms with Crippen LogP contribution in [0.25, 0.3) is 21.6 Å². The first kappa shape index (κ1) is 23.8. The highest BCUT2D eigenvalue weighted by atomic mass is 32.1. The summed E-state index contributed by atoms with van der Waals surface area (Å²) in [4.78, 5) is 24.9. The van der Waals surface area contributed by atoms with Gasteiger partial charge in [-0.3, -0.25) is 10.1 Å². The van der Waals surface area contributed by atoms with E-state index in [-0.39, 0.29) is 0 Å². The van der Waals surface area contributed by atoms with E-state index < -0.39 is 28.7 Å². The summed E-state index contributed by atoms with van der Waals surface area (Å²) in [5.41, 5.74) is 3.67. The molecule has 4 aromatic rings. The Labute approximate surface area is 212 Å². The second-order valence-corrected chi connectivity index (χ2v) is 9.89. The molecule has 1 aliphatic rings. The smallest absolute Gasteiger partial charge is 0.412 e. The Morgan fingerprint density at radius 1 is 0.972 bits per heavy atom. The second-order valence-electron chi connectivity index (χ2n) is 8.89. The number of thiophene rings is 1. The zero-order chi connectivity index (χ0) is 25.3. The van der Waals surface area contributed by atoms with Crippen LogP contribution in [0.15, 0.2) is 84.9 Å². The largest absolute Gasteiger partial charge is 0.481 e. The van der Waals surface area contributed by atoms with Gasteiger partial charge in [0.1, 0.15) is 6.10 Å². The van der Waals surface area contributed by atoms with Gasteiger partial charge in [-0.05, 0) is 42.0 Å². The highest BCUT2D eigenvalue weighted by Gasteiger charge is 2.51. The fourth-order valence-corrected chi connectivity index (χ4v) is 5.28. The van der Waals surface area contributed by atoms with Crippen LogP contribution in [0.4, 0.5) is 14.9 Å². The summed E-state index contributed by atoms with van der Waals surface area (Å²) < 4.78 is 19.9. The fraction of sp³-hybridized carbons (Fsp3) is 0.172. The molecule has 0 saturated heterocycles. The molecule has 1 fully saturated rings. The van der Waals surface area contributed by atoms with Crippen molar-refractivity contribution in [2.45, 2.75) is 31.3 Å². The molecule has 0 spiro atoms. The van der Waals surface area contributed by atoms with E-state index in [1.54, 1.807) is 6.92 Å². The van der Waals surface area contributed by atoms with E-state index in [0.717, 1.165) is 39.2 Å². The van der Waals surface area contributed by atoms with Gasteiger partial charge in [0.2, 0.25) is 0 Å². The number of carboxylic acid groups (broad SMARTS) is 1. The summed E-state index contributed by atoms with van der Waals surface area (Å²) in [7, 11) is 0. The molecule has 1 saturated carbocycles. The Balaban J connectivity index is 1.41. The van der Waals surface area contributed by atoms with E-state index in [4.69, 9.17) is 4.74 Å². The fourth-order valence-electron chi connectivity index (χ4n) is 4.40. The van der Waals surface area contributed by atoms with Gasteiger partial charge in [0.05, 0.1) is 16.0 Å². The zero-order valence-corrected chi connectivity index (χ0v) is 20.3. The van der Waals surface area contributed by atoms with E-state index in [0.29, 0.717) is 23.4 Å². The van der Waals surface area contributed by atoms with Crippen LogP contribution in [0.1, 0.15) is 37.0 Å². The number of hydrogen-bond acceptors (Lipinski definition) is 4. The van der Waals surface area contributed by atoms with E-state index in [9.17, 15) is 19.1 Å². The molecule has 2 N–H and O–H groups in total. The highest BCUT2D eigenvalue weighted by Crippen LogP contribution is 2.49. The van der Waals surface area contributed by atoms with Gasteiger partial charge >= 0.3 is 12.1 Å². The number of anilines is 1. The first-order chi connectivity index (χ1) is 17.4. The van der Waals surface area contributed by atoms with Crippen LogP contribution in [0.2, 0.25) is 0 Å². The molecule has 1 amide bonds. The number of carboxylic acids is 1. The van der Waals surface area contributed by atoms with Crippen molar-refractivity contribution in [2.75, 3.05) is 5.32 Å². The molecule has 182 valence electrons. The van der Waals surface area contributed by atoms with Crippen molar-refractivity contribution in [3.63, 3.8) is 0 Å². The van der Waals surface area contributed by atoms with Gasteiger partial charge in [-0.1, -0.05) is 78.9 Å². The van der Waals surface area contributed by atoms with Crippen LogP contribution >= 0.6 is 11.3 Å². The third kappa shape index (κ3) is 4.62. The van der Waals surface area contributed by atoms with Crippen LogP contribution in [0.5, 0.6) is 0 Å². The molecule has 5 nitrogen and oxygen atoms in total. The SMILES string of the molecule is CC(OC(=O)Nc1cc(F)sc1-c1ccccc1-c1ccc(C2(C(=O)O)CC2)cc1)c1ccccc1. The lowest BCUT2D eigenvalue weighted by Gasteiger charge is -2.15. The molecule has 5 rings (SSSR count). The Morgan fingerprint density at radius 2 is 1.61 bits per heavy atom. The predicted molar refractivity (Wildman–Crippen MR) is 139 cm³/mol. The first-order valence-corrected chi connectivity index (χ1v) is 12.4. The number of carbonyl (C=O) groups is 2. The summed E-state index contributed by atoms with van der Waals surface area (Å²) >= 11 is 0.940. The predicted octanol–water partition coefficient (Wildman–Crippen LogP) is 7.65. The van der Waals surface area contributed by atoms with Gasteiger partial charge in [-0.2, -0.15) is 4.39 Å². The van der Waals surface area contributed by atoms with Crippen LogP contribution < -0.4 is 5.32 Å². The van der Waals surface area contributed by atoms with Gasteiger partial charge in [0, 0.05) is 11.6 Å². The van der Waals surface area contributed by atoms with E-state index in [1.165, 1.54) is 6.07 Å². The molecule has 7 heteroatoms. The quantitative estimate of drug-likeness (QED) is 0.273. The summed E-state index contributed by atoms with van der Waals surface area (Å²) in [5, 5.41) is 11.9. The molecule has 1 heterocycles. The monoisotopic (exact) mass is 501 g/mol. The van der Waals surface area contributed by atoms with Crippen molar-refractivity contribution in [3.05, 3.63) is 101 Å². The average Bonchev–Trinajstić information content (AvgIpc) is 3.63. The minimum atomic E-state index is -0.797. The van der Waals surface area contributed by atoms with E-state index in [2.05, 4.69) is 5.32 Å². The van der Waals surface area contributed by atoms with Gasteiger partial charge < -0.3 is 9.84 Å². The molecule has 1 aromatic heterocycles. The molecule has 0 aliphatic heterocycles.